The van der Waals surface area contributed by atoms with Gasteiger partial charge in [0.15, 0.2) is 6.04 Å². The van der Waals surface area contributed by atoms with E-state index in [1.54, 1.807) is 24.3 Å². The standard InChI is InChI=1S/C14H17ClFNO3/c1-8(2)12(9-4-3-5-10(15)6-9)13(18)17-11(7-16)14(19)20/h3-6,8,11-12H,7H2,1-2H3,(H,17,18)(H,19,20). The predicted molar refractivity (Wildman–Crippen MR) is 74.6 cm³/mol. The summed E-state index contributed by atoms with van der Waals surface area (Å²) in [5.41, 5.74) is 0.674. The zero-order valence-corrected chi connectivity index (χ0v) is 12.0. The summed E-state index contributed by atoms with van der Waals surface area (Å²) in [6.45, 7) is 2.51. The van der Waals surface area contributed by atoms with Crippen LogP contribution >= 0.6 is 11.6 Å². The Bertz CT molecular complexity index is 493. The molecule has 0 aliphatic carbocycles. The van der Waals surface area contributed by atoms with Gasteiger partial charge in [-0.3, -0.25) is 4.79 Å². The van der Waals surface area contributed by atoms with Crippen molar-refractivity contribution < 1.29 is 19.1 Å². The Morgan fingerprint density at radius 3 is 2.50 bits per heavy atom. The van der Waals surface area contributed by atoms with Crippen molar-refractivity contribution in [2.24, 2.45) is 5.92 Å². The number of carbonyl (C=O) groups excluding carboxylic acids is 1. The van der Waals surface area contributed by atoms with Gasteiger partial charge in [0.25, 0.3) is 0 Å². The fraction of sp³-hybridized carbons (Fsp3) is 0.429. The highest BCUT2D eigenvalue weighted by atomic mass is 35.5. The van der Waals surface area contributed by atoms with Crippen molar-refractivity contribution >= 4 is 23.5 Å². The summed E-state index contributed by atoms with van der Waals surface area (Å²) >= 11 is 5.90. The smallest absolute Gasteiger partial charge is 0.328 e. The fourth-order valence-corrected chi connectivity index (χ4v) is 2.17. The van der Waals surface area contributed by atoms with Gasteiger partial charge in [0, 0.05) is 5.02 Å². The molecule has 4 nitrogen and oxygen atoms in total. The monoisotopic (exact) mass is 301 g/mol. The predicted octanol–water partition coefficient (Wildman–Crippen LogP) is 2.62. The summed E-state index contributed by atoms with van der Waals surface area (Å²) in [4.78, 5) is 23.0. The SMILES string of the molecule is CC(C)C(C(=O)NC(CF)C(=O)O)c1cccc(Cl)c1. The fourth-order valence-electron chi connectivity index (χ4n) is 1.97. The van der Waals surface area contributed by atoms with E-state index in [1.807, 2.05) is 13.8 Å². The molecule has 0 spiro atoms. The van der Waals surface area contributed by atoms with E-state index in [2.05, 4.69) is 5.32 Å². The Morgan fingerprint density at radius 1 is 1.40 bits per heavy atom. The van der Waals surface area contributed by atoms with Crippen LogP contribution in [-0.4, -0.2) is 29.7 Å². The molecule has 2 atom stereocenters. The molecule has 110 valence electrons. The van der Waals surface area contributed by atoms with Gasteiger partial charge in [-0.15, -0.1) is 0 Å². The zero-order valence-electron chi connectivity index (χ0n) is 11.3. The number of hydrogen-bond donors (Lipinski definition) is 2. The highest BCUT2D eigenvalue weighted by Gasteiger charge is 2.28. The van der Waals surface area contributed by atoms with Crippen molar-refractivity contribution in [2.45, 2.75) is 25.8 Å². The molecule has 0 saturated carbocycles. The number of carbonyl (C=O) groups is 2. The van der Waals surface area contributed by atoms with Crippen LogP contribution in [0.2, 0.25) is 5.02 Å². The molecular formula is C14H17ClFNO3. The van der Waals surface area contributed by atoms with Crippen LogP contribution in [0.5, 0.6) is 0 Å². The van der Waals surface area contributed by atoms with Gasteiger partial charge < -0.3 is 10.4 Å². The molecule has 0 aliphatic heterocycles. The minimum atomic E-state index is -1.53. The number of carboxylic acid groups (broad SMARTS) is 1. The molecule has 20 heavy (non-hydrogen) atoms. The van der Waals surface area contributed by atoms with Crippen molar-refractivity contribution in [3.05, 3.63) is 34.9 Å². The molecule has 0 heterocycles. The van der Waals surface area contributed by atoms with E-state index in [4.69, 9.17) is 16.7 Å². The van der Waals surface area contributed by atoms with Crippen molar-refractivity contribution in [3.8, 4) is 0 Å². The number of aliphatic carboxylic acids is 1. The number of carboxylic acids is 1. The third kappa shape index (κ3) is 4.20. The van der Waals surface area contributed by atoms with E-state index in [-0.39, 0.29) is 5.92 Å². The van der Waals surface area contributed by atoms with Crippen LogP contribution < -0.4 is 5.32 Å². The van der Waals surface area contributed by atoms with E-state index >= 15 is 0 Å². The number of alkyl halides is 1. The van der Waals surface area contributed by atoms with Crippen molar-refractivity contribution in [2.75, 3.05) is 6.67 Å². The first-order valence-corrected chi connectivity index (χ1v) is 6.59. The average Bonchev–Trinajstić information content (AvgIpc) is 2.35. The summed E-state index contributed by atoms with van der Waals surface area (Å²) in [5, 5.41) is 11.5. The first-order valence-electron chi connectivity index (χ1n) is 6.21. The largest absolute Gasteiger partial charge is 0.480 e. The second-order valence-electron chi connectivity index (χ2n) is 4.83. The number of hydrogen-bond acceptors (Lipinski definition) is 2. The lowest BCUT2D eigenvalue weighted by atomic mass is 9.87. The average molecular weight is 302 g/mol. The van der Waals surface area contributed by atoms with E-state index < -0.39 is 30.5 Å². The molecule has 0 aromatic heterocycles. The molecule has 1 aromatic rings. The van der Waals surface area contributed by atoms with Crippen molar-refractivity contribution in [1.82, 2.24) is 5.32 Å². The molecular weight excluding hydrogens is 285 g/mol. The van der Waals surface area contributed by atoms with E-state index in [9.17, 15) is 14.0 Å². The molecule has 6 heteroatoms. The Balaban J connectivity index is 2.97. The van der Waals surface area contributed by atoms with Crippen molar-refractivity contribution in [3.63, 3.8) is 0 Å². The van der Waals surface area contributed by atoms with Crippen LogP contribution in [0.3, 0.4) is 0 Å². The van der Waals surface area contributed by atoms with Gasteiger partial charge in [-0.2, -0.15) is 0 Å². The number of amides is 1. The van der Waals surface area contributed by atoms with Crippen LogP contribution in [0.25, 0.3) is 0 Å². The summed E-state index contributed by atoms with van der Waals surface area (Å²) in [6, 6.07) is 5.26. The van der Waals surface area contributed by atoms with Gasteiger partial charge in [-0.25, -0.2) is 9.18 Å². The maximum Gasteiger partial charge on any atom is 0.328 e. The van der Waals surface area contributed by atoms with Crippen LogP contribution in [0.1, 0.15) is 25.3 Å². The second-order valence-corrected chi connectivity index (χ2v) is 5.27. The van der Waals surface area contributed by atoms with Gasteiger partial charge in [0.2, 0.25) is 5.91 Å². The quantitative estimate of drug-likeness (QED) is 0.849. The Labute approximate surface area is 121 Å². The number of benzene rings is 1. The van der Waals surface area contributed by atoms with E-state index in [1.165, 1.54) is 0 Å². The topological polar surface area (TPSA) is 66.4 Å². The van der Waals surface area contributed by atoms with Gasteiger partial charge in [-0.05, 0) is 23.6 Å². The highest BCUT2D eigenvalue weighted by molar-refractivity contribution is 6.30. The number of halogens is 2. The summed E-state index contributed by atoms with van der Waals surface area (Å²) in [6.07, 6.45) is 0. The van der Waals surface area contributed by atoms with Crippen LogP contribution in [0.4, 0.5) is 4.39 Å². The lowest BCUT2D eigenvalue weighted by Gasteiger charge is -2.22. The Morgan fingerprint density at radius 2 is 2.05 bits per heavy atom. The maximum atomic E-state index is 12.6. The van der Waals surface area contributed by atoms with Crippen LogP contribution in [0, 0.1) is 5.92 Å². The molecule has 1 rings (SSSR count). The second kappa shape index (κ2) is 7.24. The first kappa shape index (κ1) is 16.4. The van der Waals surface area contributed by atoms with Crippen LogP contribution in [-0.2, 0) is 9.59 Å². The zero-order chi connectivity index (χ0) is 15.3. The molecule has 0 radical (unpaired) electrons. The van der Waals surface area contributed by atoms with Gasteiger partial charge in [0.1, 0.15) is 6.67 Å². The van der Waals surface area contributed by atoms with Gasteiger partial charge >= 0.3 is 5.97 Å². The molecule has 1 amide bonds. The molecule has 2 N–H and O–H groups in total. The van der Waals surface area contributed by atoms with Crippen LogP contribution in [0.15, 0.2) is 24.3 Å². The van der Waals surface area contributed by atoms with E-state index in [0.29, 0.717) is 10.6 Å². The molecule has 2 unspecified atom stereocenters. The molecule has 0 bridgehead atoms. The normalized spacial score (nSPS) is 13.8. The Kier molecular flexibility index (Phi) is 5.95. The summed E-state index contributed by atoms with van der Waals surface area (Å²) in [5.74, 6) is -2.58. The first-order chi connectivity index (χ1) is 9.36. The minimum absolute atomic E-state index is 0.0810. The molecule has 0 fully saturated rings. The lowest BCUT2D eigenvalue weighted by molar-refractivity contribution is -0.142. The minimum Gasteiger partial charge on any atom is -0.480 e. The maximum absolute atomic E-state index is 12.6. The third-order valence-electron chi connectivity index (χ3n) is 2.93. The number of rotatable bonds is 6. The highest BCUT2D eigenvalue weighted by Crippen LogP contribution is 2.26. The number of nitrogens with one attached hydrogen (secondary N) is 1. The van der Waals surface area contributed by atoms with Crippen molar-refractivity contribution in [1.29, 1.82) is 0 Å². The van der Waals surface area contributed by atoms with Gasteiger partial charge in [0.05, 0.1) is 5.92 Å². The Hall–Kier alpha value is -1.62. The van der Waals surface area contributed by atoms with Gasteiger partial charge in [-0.1, -0.05) is 37.6 Å². The lowest BCUT2D eigenvalue weighted by Crippen LogP contribution is -2.45. The summed E-state index contributed by atoms with van der Waals surface area (Å²) in [7, 11) is 0. The molecule has 0 saturated heterocycles. The molecule has 1 aromatic carbocycles. The van der Waals surface area contributed by atoms with E-state index in [0.717, 1.165) is 0 Å². The third-order valence-corrected chi connectivity index (χ3v) is 3.16. The summed E-state index contributed by atoms with van der Waals surface area (Å²) < 4.78 is 12.6. The molecule has 0 aliphatic rings.